The fourth-order valence-corrected chi connectivity index (χ4v) is 0.841. The highest BCUT2D eigenvalue weighted by molar-refractivity contribution is 4.97. The van der Waals surface area contributed by atoms with Gasteiger partial charge < -0.3 is 11.1 Å². The molecule has 1 saturated heterocycles. The molecule has 1 rings (SSSR count). The van der Waals surface area contributed by atoms with Gasteiger partial charge in [-0.25, -0.2) is 0 Å². The van der Waals surface area contributed by atoms with Gasteiger partial charge in [-0.2, -0.15) is 5.26 Å². The molecule has 3 N–H and O–H groups in total. The predicted octanol–water partition coefficient (Wildman–Crippen LogP) is -0.943. The summed E-state index contributed by atoms with van der Waals surface area (Å²) in [6, 6.07) is 2.18. The minimum atomic E-state index is 0.0370. The Bertz CT molecular complexity index is 115. The average Bonchev–Trinajstić information content (AvgIpc) is 2.14. The fraction of sp³-hybridized carbons (Fsp3) is 0.800. The second-order valence-electron chi connectivity index (χ2n) is 2.06. The van der Waals surface area contributed by atoms with Crippen molar-refractivity contribution in [2.75, 3.05) is 13.1 Å². The predicted molar refractivity (Wildman–Crippen MR) is 29.9 cm³/mol. The van der Waals surface area contributed by atoms with Crippen molar-refractivity contribution in [2.24, 2.45) is 11.7 Å². The lowest BCUT2D eigenvalue weighted by atomic mass is 10.1. The Balaban J connectivity index is 2.45. The Hall–Kier alpha value is -0.590. The van der Waals surface area contributed by atoms with Gasteiger partial charge in [0.2, 0.25) is 0 Å². The van der Waals surface area contributed by atoms with Crippen molar-refractivity contribution in [2.45, 2.75) is 6.04 Å². The molecule has 3 nitrogen and oxygen atoms in total. The van der Waals surface area contributed by atoms with Crippen LogP contribution in [0.1, 0.15) is 0 Å². The van der Waals surface area contributed by atoms with Crippen LogP contribution in [0.3, 0.4) is 0 Å². The van der Waals surface area contributed by atoms with Crippen molar-refractivity contribution in [3.63, 3.8) is 0 Å². The molecule has 0 aliphatic carbocycles. The second kappa shape index (κ2) is 2.12. The maximum atomic E-state index is 8.37. The van der Waals surface area contributed by atoms with Gasteiger partial charge in [0.15, 0.2) is 0 Å². The molecule has 8 heavy (non-hydrogen) atoms. The number of nitrogens with two attached hydrogens (primary N) is 1. The summed E-state index contributed by atoms with van der Waals surface area (Å²) in [5, 5.41) is 11.4. The van der Waals surface area contributed by atoms with Gasteiger partial charge in [-0.05, 0) is 0 Å². The van der Waals surface area contributed by atoms with Crippen LogP contribution in [0.2, 0.25) is 0 Å². The summed E-state index contributed by atoms with van der Waals surface area (Å²) < 4.78 is 0. The molecule has 1 aliphatic heterocycles. The van der Waals surface area contributed by atoms with Crippen LogP contribution in [0.25, 0.3) is 0 Å². The highest BCUT2D eigenvalue weighted by Gasteiger charge is 2.22. The minimum Gasteiger partial charge on any atom is -0.325 e. The monoisotopic (exact) mass is 111 g/mol. The Morgan fingerprint density at radius 1 is 1.62 bits per heavy atom. The van der Waals surface area contributed by atoms with Crippen LogP contribution in [-0.2, 0) is 0 Å². The number of nitrogens with one attached hydrogen (secondary N) is 1. The van der Waals surface area contributed by atoms with Crippen molar-refractivity contribution >= 4 is 0 Å². The van der Waals surface area contributed by atoms with E-state index < -0.39 is 0 Å². The first kappa shape index (κ1) is 5.54. The Morgan fingerprint density at radius 2 is 2.38 bits per heavy atom. The van der Waals surface area contributed by atoms with Gasteiger partial charge in [0.1, 0.15) is 0 Å². The third-order valence-electron chi connectivity index (χ3n) is 1.43. The largest absolute Gasteiger partial charge is 0.325 e. The number of nitriles is 1. The molecule has 0 amide bonds. The molecule has 0 aromatic rings. The molecule has 1 fully saturated rings. The van der Waals surface area contributed by atoms with E-state index in [0.29, 0.717) is 0 Å². The molecule has 0 aromatic carbocycles. The Kier molecular flexibility index (Phi) is 1.47. The van der Waals surface area contributed by atoms with Crippen LogP contribution in [0.5, 0.6) is 0 Å². The van der Waals surface area contributed by atoms with Gasteiger partial charge in [-0.3, -0.25) is 0 Å². The lowest BCUT2D eigenvalue weighted by Gasteiger charge is -2.00. The van der Waals surface area contributed by atoms with E-state index in [1.165, 1.54) is 0 Å². The SMILES string of the molecule is N#CC1CNCC1N. The van der Waals surface area contributed by atoms with Crippen molar-refractivity contribution in [1.29, 1.82) is 5.26 Å². The summed E-state index contributed by atoms with van der Waals surface area (Å²) in [5.41, 5.74) is 5.50. The summed E-state index contributed by atoms with van der Waals surface area (Å²) >= 11 is 0. The van der Waals surface area contributed by atoms with Crippen LogP contribution in [0, 0.1) is 17.2 Å². The number of rotatable bonds is 0. The smallest absolute Gasteiger partial charge is 0.0751 e. The highest BCUT2D eigenvalue weighted by Crippen LogP contribution is 2.02. The fourth-order valence-electron chi connectivity index (χ4n) is 0.841. The zero-order valence-electron chi connectivity index (χ0n) is 4.59. The number of hydrogen-bond donors (Lipinski definition) is 2. The maximum Gasteiger partial charge on any atom is 0.0751 e. The first-order chi connectivity index (χ1) is 3.84. The van der Waals surface area contributed by atoms with Crippen LogP contribution >= 0.6 is 0 Å². The molecule has 3 heteroatoms. The summed E-state index contributed by atoms with van der Waals surface area (Å²) in [6.45, 7) is 1.55. The molecular weight excluding hydrogens is 102 g/mol. The zero-order chi connectivity index (χ0) is 5.98. The first-order valence-electron chi connectivity index (χ1n) is 2.70. The standard InChI is InChI=1S/C5H9N3/c6-1-4-2-8-3-5(4)7/h4-5,8H,2-3,7H2. The summed E-state index contributed by atoms with van der Waals surface area (Å²) in [7, 11) is 0. The van der Waals surface area contributed by atoms with E-state index in [1.807, 2.05) is 0 Å². The summed E-state index contributed by atoms with van der Waals surface area (Å²) in [4.78, 5) is 0. The van der Waals surface area contributed by atoms with Gasteiger partial charge in [0.25, 0.3) is 0 Å². The Labute approximate surface area is 48.5 Å². The lowest BCUT2D eigenvalue weighted by Crippen LogP contribution is -2.27. The van der Waals surface area contributed by atoms with Crippen molar-refractivity contribution in [3.8, 4) is 6.07 Å². The van der Waals surface area contributed by atoms with Gasteiger partial charge in [0.05, 0.1) is 12.0 Å². The van der Waals surface area contributed by atoms with Gasteiger partial charge in [-0.15, -0.1) is 0 Å². The van der Waals surface area contributed by atoms with E-state index in [2.05, 4.69) is 11.4 Å². The van der Waals surface area contributed by atoms with Gasteiger partial charge in [0, 0.05) is 19.1 Å². The van der Waals surface area contributed by atoms with E-state index in [1.54, 1.807) is 0 Å². The average molecular weight is 111 g/mol. The molecule has 2 atom stereocenters. The molecule has 0 aromatic heterocycles. The molecule has 0 bridgehead atoms. The molecule has 1 heterocycles. The van der Waals surface area contributed by atoms with Gasteiger partial charge in [-0.1, -0.05) is 0 Å². The van der Waals surface area contributed by atoms with Gasteiger partial charge >= 0.3 is 0 Å². The van der Waals surface area contributed by atoms with Crippen LogP contribution in [0.15, 0.2) is 0 Å². The molecule has 2 unspecified atom stereocenters. The molecule has 1 aliphatic rings. The second-order valence-corrected chi connectivity index (χ2v) is 2.06. The Morgan fingerprint density at radius 3 is 2.62 bits per heavy atom. The van der Waals surface area contributed by atoms with E-state index in [4.69, 9.17) is 11.0 Å². The van der Waals surface area contributed by atoms with Crippen molar-refractivity contribution in [3.05, 3.63) is 0 Å². The molecule has 44 valence electrons. The topological polar surface area (TPSA) is 61.8 Å². The summed E-state index contributed by atoms with van der Waals surface area (Å²) in [5.74, 6) is 0.0370. The lowest BCUT2D eigenvalue weighted by molar-refractivity contribution is 0.635. The first-order valence-corrected chi connectivity index (χ1v) is 2.70. The van der Waals surface area contributed by atoms with E-state index in [0.717, 1.165) is 13.1 Å². The summed E-state index contributed by atoms with van der Waals surface area (Å²) in [6.07, 6.45) is 0. The quantitative estimate of drug-likeness (QED) is 0.424. The van der Waals surface area contributed by atoms with E-state index in [9.17, 15) is 0 Å². The van der Waals surface area contributed by atoms with Crippen LogP contribution in [0.4, 0.5) is 0 Å². The third kappa shape index (κ3) is 0.808. The van der Waals surface area contributed by atoms with Crippen molar-refractivity contribution in [1.82, 2.24) is 5.32 Å². The van der Waals surface area contributed by atoms with Crippen LogP contribution < -0.4 is 11.1 Å². The normalized spacial score (nSPS) is 37.0. The third-order valence-corrected chi connectivity index (χ3v) is 1.43. The molecular formula is C5H9N3. The van der Waals surface area contributed by atoms with E-state index >= 15 is 0 Å². The van der Waals surface area contributed by atoms with E-state index in [-0.39, 0.29) is 12.0 Å². The maximum absolute atomic E-state index is 8.37. The molecule has 0 saturated carbocycles. The zero-order valence-corrected chi connectivity index (χ0v) is 4.59. The number of nitrogens with zero attached hydrogens (tertiary/aromatic N) is 1. The minimum absolute atomic E-state index is 0.0370. The molecule has 0 spiro atoms. The number of hydrogen-bond acceptors (Lipinski definition) is 3. The molecule has 0 radical (unpaired) electrons. The van der Waals surface area contributed by atoms with Crippen LogP contribution in [-0.4, -0.2) is 19.1 Å². The highest BCUT2D eigenvalue weighted by atomic mass is 15.0. The van der Waals surface area contributed by atoms with Crippen molar-refractivity contribution < 1.29 is 0 Å².